The molecule has 0 bridgehead atoms. The highest BCUT2D eigenvalue weighted by atomic mass is 14.4. The van der Waals surface area contributed by atoms with Gasteiger partial charge in [0.15, 0.2) is 0 Å². The first-order valence-corrected chi connectivity index (χ1v) is 12.4. The Labute approximate surface area is 203 Å². The molecule has 3 aromatic rings. The lowest BCUT2D eigenvalue weighted by molar-refractivity contribution is 0.225. The van der Waals surface area contributed by atoms with Gasteiger partial charge in [0.1, 0.15) is 0 Å². The van der Waals surface area contributed by atoms with Crippen LogP contribution in [0.25, 0.3) is 22.3 Å². The molecule has 0 atom stereocenters. The molecule has 0 saturated heterocycles. The van der Waals surface area contributed by atoms with Crippen molar-refractivity contribution in [3.63, 3.8) is 0 Å². The molecule has 0 unspecified atom stereocenters. The summed E-state index contributed by atoms with van der Waals surface area (Å²) in [6.07, 6.45) is 0. The van der Waals surface area contributed by atoms with E-state index in [4.69, 9.17) is 0 Å². The molecule has 0 aliphatic rings. The topological polar surface area (TPSA) is 0 Å². The fraction of sp³-hybridized carbons (Fsp3) is 0.455. The van der Waals surface area contributed by atoms with E-state index in [1.165, 1.54) is 38.9 Å². The van der Waals surface area contributed by atoms with Crippen LogP contribution in [0.3, 0.4) is 0 Å². The van der Waals surface area contributed by atoms with Crippen LogP contribution in [0.1, 0.15) is 85.9 Å². The molecule has 0 heteroatoms. The Hall–Kier alpha value is -2.34. The maximum Gasteiger partial charge on any atom is -0.00551 e. The molecule has 0 fully saturated rings. The summed E-state index contributed by atoms with van der Waals surface area (Å²) in [5, 5.41) is 0. The predicted molar refractivity (Wildman–Crippen MR) is 147 cm³/mol. The van der Waals surface area contributed by atoms with Crippen LogP contribution in [-0.4, -0.2) is 0 Å². The molecule has 0 aliphatic carbocycles. The van der Waals surface area contributed by atoms with Gasteiger partial charge in [-0.05, 0) is 73.6 Å². The maximum atomic E-state index is 2.34. The zero-order valence-corrected chi connectivity index (χ0v) is 22.9. The number of hydrogen-bond donors (Lipinski definition) is 0. The number of benzene rings is 3. The lowest BCUT2D eigenvalue weighted by atomic mass is 9.65. The van der Waals surface area contributed by atoms with Crippen molar-refractivity contribution in [3.8, 4) is 22.3 Å². The third kappa shape index (κ3) is 4.96. The molecule has 0 heterocycles. The number of rotatable bonds is 4. The van der Waals surface area contributed by atoms with Crippen molar-refractivity contribution in [2.75, 3.05) is 0 Å². The first-order valence-electron chi connectivity index (χ1n) is 12.4. The summed E-state index contributed by atoms with van der Waals surface area (Å²) < 4.78 is 0. The van der Waals surface area contributed by atoms with Gasteiger partial charge in [0, 0.05) is 0 Å². The second-order valence-corrected chi connectivity index (χ2v) is 13.0. The van der Waals surface area contributed by atoms with Gasteiger partial charge >= 0.3 is 0 Å². The molecule has 0 aromatic heterocycles. The number of hydrogen-bond acceptors (Lipinski definition) is 0. The molecule has 0 spiro atoms. The summed E-state index contributed by atoms with van der Waals surface area (Å²) in [4.78, 5) is 0. The van der Waals surface area contributed by atoms with Crippen molar-refractivity contribution in [3.05, 3.63) is 83.4 Å². The van der Waals surface area contributed by atoms with Crippen LogP contribution >= 0.6 is 0 Å². The molecule has 0 radical (unpaired) electrons. The maximum absolute atomic E-state index is 2.34. The monoisotopic (exact) mass is 440 g/mol. The van der Waals surface area contributed by atoms with Crippen LogP contribution in [0.15, 0.2) is 66.7 Å². The van der Waals surface area contributed by atoms with E-state index in [1.807, 2.05) is 0 Å². The van der Waals surface area contributed by atoms with Gasteiger partial charge in [-0.3, -0.25) is 0 Å². The summed E-state index contributed by atoms with van der Waals surface area (Å²) in [6, 6.07) is 25.3. The SMILES string of the molecule is Cc1cc(-c2ccc(C(C)(C)C(C)(C)C)cc2)cc(-c2ccc(C(C)(C)C(C)(C)C)cc2)c1. The van der Waals surface area contributed by atoms with Crippen molar-refractivity contribution in [1.29, 1.82) is 0 Å². The van der Waals surface area contributed by atoms with Crippen LogP contribution in [0, 0.1) is 17.8 Å². The van der Waals surface area contributed by atoms with Crippen LogP contribution in [-0.2, 0) is 10.8 Å². The van der Waals surface area contributed by atoms with Gasteiger partial charge < -0.3 is 0 Å². The number of aryl methyl sites for hydroxylation is 1. The third-order valence-corrected chi connectivity index (χ3v) is 8.71. The average molecular weight is 441 g/mol. The molecule has 0 nitrogen and oxygen atoms in total. The Bertz CT molecular complexity index is 1000. The summed E-state index contributed by atoms with van der Waals surface area (Å²) >= 11 is 0. The highest BCUT2D eigenvalue weighted by Crippen LogP contribution is 2.42. The Morgan fingerprint density at radius 2 is 0.697 bits per heavy atom. The van der Waals surface area contributed by atoms with E-state index in [1.54, 1.807) is 0 Å². The first kappa shape index (κ1) is 25.3. The fourth-order valence-electron chi connectivity index (χ4n) is 4.14. The normalized spacial score (nSPS) is 13.3. The van der Waals surface area contributed by atoms with Crippen molar-refractivity contribution in [2.45, 2.75) is 87.0 Å². The minimum atomic E-state index is 0.117. The van der Waals surface area contributed by atoms with E-state index >= 15 is 0 Å². The van der Waals surface area contributed by atoms with Crippen LogP contribution in [0.5, 0.6) is 0 Å². The van der Waals surface area contributed by atoms with E-state index in [2.05, 4.69) is 143 Å². The van der Waals surface area contributed by atoms with Crippen molar-refractivity contribution >= 4 is 0 Å². The lowest BCUT2D eigenvalue weighted by Crippen LogP contribution is -2.33. The van der Waals surface area contributed by atoms with Crippen LogP contribution in [0.2, 0.25) is 0 Å². The molecule has 0 aliphatic heterocycles. The highest BCUT2D eigenvalue weighted by Gasteiger charge is 2.35. The van der Waals surface area contributed by atoms with Crippen molar-refractivity contribution in [2.24, 2.45) is 10.8 Å². The molecule has 3 aromatic carbocycles. The Balaban J connectivity index is 1.95. The Kier molecular flexibility index (Phi) is 6.48. The molecular formula is C33H44. The van der Waals surface area contributed by atoms with Crippen molar-refractivity contribution in [1.82, 2.24) is 0 Å². The average Bonchev–Trinajstić information content (AvgIpc) is 2.72. The van der Waals surface area contributed by atoms with E-state index in [9.17, 15) is 0 Å². The van der Waals surface area contributed by atoms with Gasteiger partial charge in [-0.15, -0.1) is 0 Å². The summed E-state index contributed by atoms with van der Waals surface area (Å²) in [5.41, 5.74) is 9.84. The van der Waals surface area contributed by atoms with E-state index in [-0.39, 0.29) is 21.7 Å². The van der Waals surface area contributed by atoms with Gasteiger partial charge in [0.05, 0.1) is 0 Å². The van der Waals surface area contributed by atoms with Crippen LogP contribution < -0.4 is 0 Å². The Morgan fingerprint density at radius 1 is 0.394 bits per heavy atom. The fourth-order valence-corrected chi connectivity index (χ4v) is 4.14. The zero-order chi connectivity index (χ0) is 24.8. The zero-order valence-electron chi connectivity index (χ0n) is 22.9. The molecule has 3 rings (SSSR count). The van der Waals surface area contributed by atoms with Crippen molar-refractivity contribution < 1.29 is 0 Å². The largest absolute Gasteiger partial charge is 0.0593 e. The second kappa shape index (κ2) is 8.46. The summed E-state index contributed by atoms with van der Waals surface area (Å²) in [5.74, 6) is 0. The summed E-state index contributed by atoms with van der Waals surface area (Å²) in [6.45, 7) is 25.5. The van der Waals surface area contributed by atoms with E-state index in [0.29, 0.717) is 0 Å². The summed E-state index contributed by atoms with van der Waals surface area (Å²) in [7, 11) is 0. The second-order valence-electron chi connectivity index (χ2n) is 13.0. The molecule has 33 heavy (non-hydrogen) atoms. The molecule has 0 amide bonds. The minimum absolute atomic E-state index is 0.117. The lowest BCUT2D eigenvalue weighted by Gasteiger charge is -2.39. The van der Waals surface area contributed by atoms with Gasteiger partial charge in [-0.1, -0.05) is 130 Å². The van der Waals surface area contributed by atoms with Gasteiger partial charge in [0.25, 0.3) is 0 Å². The molecule has 0 N–H and O–H groups in total. The first-order chi connectivity index (χ1) is 15.0. The third-order valence-electron chi connectivity index (χ3n) is 8.71. The van der Waals surface area contributed by atoms with Gasteiger partial charge in [-0.2, -0.15) is 0 Å². The smallest absolute Gasteiger partial charge is 0.00551 e. The van der Waals surface area contributed by atoms with E-state index < -0.39 is 0 Å². The van der Waals surface area contributed by atoms with Gasteiger partial charge in [0.2, 0.25) is 0 Å². The van der Waals surface area contributed by atoms with E-state index in [0.717, 1.165) is 0 Å². The molecule has 0 saturated carbocycles. The molecular weight excluding hydrogens is 396 g/mol. The van der Waals surface area contributed by atoms with Crippen LogP contribution in [0.4, 0.5) is 0 Å². The molecule has 176 valence electrons. The van der Waals surface area contributed by atoms with Gasteiger partial charge in [-0.25, -0.2) is 0 Å². The standard InChI is InChI=1S/C33H44/c1-23-20-26(24-12-16-28(17-13-24)32(8,9)30(2,3)4)22-27(21-23)25-14-18-29(19-15-25)33(10,11)31(5,6)7/h12-22H,1-11H3. The minimum Gasteiger partial charge on any atom is -0.0593 e. The Morgan fingerprint density at radius 3 is 0.970 bits per heavy atom. The predicted octanol–water partition coefficient (Wildman–Crippen LogP) is 9.98. The quantitative estimate of drug-likeness (QED) is 0.378. The highest BCUT2D eigenvalue weighted by molar-refractivity contribution is 5.74.